The molecule has 0 unspecified atom stereocenters. The first-order valence-corrected chi connectivity index (χ1v) is 16.0. The van der Waals surface area contributed by atoms with E-state index in [0.29, 0.717) is 18.1 Å². The second kappa shape index (κ2) is 10.8. The third-order valence-corrected chi connectivity index (χ3v) is 10.8. The van der Waals surface area contributed by atoms with Crippen molar-refractivity contribution >= 4 is 27.5 Å². The van der Waals surface area contributed by atoms with E-state index in [1.807, 2.05) is 64.1 Å². The Morgan fingerprint density at radius 2 is 1.48 bits per heavy atom. The molecule has 3 aromatic rings. The van der Waals surface area contributed by atoms with Crippen LogP contribution in [-0.4, -0.2) is 37.2 Å². The van der Waals surface area contributed by atoms with Gasteiger partial charge in [-0.3, -0.25) is 14.5 Å². The standard InChI is InChI=1S/C34H36N2O5S/c1-5-41-27-20-26-28(34(38)35(33(26)37)24-14-10-7-11-15-24)30-29(27)32(23-12-8-6-9-13-23)36(31(30)21(2)3)42(39,40)25-18-16-22(4)17-19-25/h6-19,21,26,28,30-32H,5,20H2,1-4H3/t26-,28-,30-,31+,32-/m0/s1. The number of imide groups is 1. The average Bonchev–Trinajstić information content (AvgIpc) is 3.47. The van der Waals surface area contributed by atoms with Gasteiger partial charge in [0, 0.05) is 18.4 Å². The van der Waals surface area contributed by atoms with Crippen molar-refractivity contribution in [3.8, 4) is 0 Å². The summed E-state index contributed by atoms with van der Waals surface area (Å²) in [7, 11) is -4.04. The van der Waals surface area contributed by atoms with Crippen molar-refractivity contribution in [2.24, 2.45) is 23.7 Å². The fraction of sp³-hybridized carbons (Fsp3) is 0.353. The number of benzene rings is 3. The first-order chi connectivity index (χ1) is 20.2. The van der Waals surface area contributed by atoms with Gasteiger partial charge in [-0.25, -0.2) is 8.42 Å². The Bertz CT molecular complexity index is 1630. The molecule has 2 fully saturated rings. The fourth-order valence-electron chi connectivity index (χ4n) is 7.21. The fourth-order valence-corrected chi connectivity index (χ4v) is 9.14. The molecule has 0 radical (unpaired) electrons. The molecule has 1 aliphatic carbocycles. The molecule has 0 aromatic heterocycles. The van der Waals surface area contributed by atoms with Crippen LogP contribution in [0.4, 0.5) is 5.69 Å². The summed E-state index contributed by atoms with van der Waals surface area (Å²) in [5.41, 5.74) is 3.10. The summed E-state index contributed by atoms with van der Waals surface area (Å²) < 4.78 is 37.2. The van der Waals surface area contributed by atoms with E-state index in [1.165, 1.54) is 4.90 Å². The molecule has 0 bridgehead atoms. The van der Waals surface area contributed by atoms with Gasteiger partial charge in [-0.2, -0.15) is 4.31 Å². The highest BCUT2D eigenvalue weighted by Gasteiger charge is 2.64. The quantitative estimate of drug-likeness (QED) is 0.324. The predicted molar refractivity (Wildman–Crippen MR) is 161 cm³/mol. The van der Waals surface area contributed by atoms with E-state index >= 15 is 0 Å². The second-order valence-corrected chi connectivity index (χ2v) is 13.6. The summed E-state index contributed by atoms with van der Waals surface area (Å²) in [4.78, 5) is 29.8. The lowest BCUT2D eigenvalue weighted by atomic mass is 9.68. The highest BCUT2D eigenvalue weighted by molar-refractivity contribution is 7.89. The van der Waals surface area contributed by atoms with Crippen LogP contribution in [0.2, 0.25) is 0 Å². The van der Waals surface area contributed by atoms with E-state index in [1.54, 1.807) is 52.8 Å². The summed E-state index contributed by atoms with van der Waals surface area (Å²) in [5.74, 6) is -1.93. The first-order valence-electron chi connectivity index (χ1n) is 14.6. The van der Waals surface area contributed by atoms with E-state index in [9.17, 15) is 18.0 Å². The van der Waals surface area contributed by atoms with Crippen LogP contribution < -0.4 is 4.90 Å². The van der Waals surface area contributed by atoms with Gasteiger partial charge in [0.05, 0.1) is 40.8 Å². The van der Waals surface area contributed by atoms with Gasteiger partial charge in [-0.15, -0.1) is 0 Å². The second-order valence-electron chi connectivity index (χ2n) is 11.7. The molecular weight excluding hydrogens is 548 g/mol. The molecule has 218 valence electrons. The molecule has 2 heterocycles. The Hall–Kier alpha value is -3.75. The van der Waals surface area contributed by atoms with Crippen LogP contribution in [0.1, 0.15) is 44.4 Å². The maximum Gasteiger partial charge on any atom is 0.244 e. The lowest BCUT2D eigenvalue weighted by Crippen LogP contribution is -2.46. The van der Waals surface area contributed by atoms with Gasteiger partial charge >= 0.3 is 0 Å². The van der Waals surface area contributed by atoms with E-state index in [2.05, 4.69) is 0 Å². The Kier molecular flexibility index (Phi) is 7.31. The zero-order valence-corrected chi connectivity index (χ0v) is 25.1. The number of hydrogen-bond donors (Lipinski definition) is 0. The first kappa shape index (κ1) is 28.4. The molecule has 2 amide bonds. The number of rotatable bonds is 7. The molecule has 0 saturated carbocycles. The van der Waals surface area contributed by atoms with E-state index in [-0.39, 0.29) is 29.0 Å². The van der Waals surface area contributed by atoms with Crippen molar-refractivity contribution in [3.05, 3.63) is 107 Å². The van der Waals surface area contributed by atoms with Gasteiger partial charge in [-0.05, 0) is 55.2 Å². The summed E-state index contributed by atoms with van der Waals surface area (Å²) in [6.45, 7) is 8.16. The van der Waals surface area contributed by atoms with Gasteiger partial charge < -0.3 is 4.74 Å². The molecule has 42 heavy (non-hydrogen) atoms. The van der Waals surface area contributed by atoms with Gasteiger partial charge in [0.2, 0.25) is 21.8 Å². The molecule has 7 nitrogen and oxygen atoms in total. The molecule has 5 atom stereocenters. The van der Waals surface area contributed by atoms with Gasteiger partial charge in [0.15, 0.2) is 0 Å². The van der Waals surface area contributed by atoms with Gasteiger partial charge in [0.25, 0.3) is 0 Å². The zero-order chi connectivity index (χ0) is 29.8. The predicted octanol–water partition coefficient (Wildman–Crippen LogP) is 5.88. The molecule has 6 rings (SSSR count). The summed E-state index contributed by atoms with van der Waals surface area (Å²) in [6, 6.07) is 24.2. The summed E-state index contributed by atoms with van der Waals surface area (Å²) >= 11 is 0. The SMILES string of the molecule is CCOC1=C2[C@H]([C@H]3C(=O)N(c4ccccc4)C(=O)[C@H]3C1)[C@@H](C(C)C)N(S(=O)(=O)c1ccc(C)cc1)[C@H]2c1ccccc1. The van der Waals surface area contributed by atoms with Crippen LogP contribution in [0.5, 0.6) is 0 Å². The van der Waals surface area contributed by atoms with Gasteiger partial charge in [0.1, 0.15) is 0 Å². The number of carbonyl (C=O) groups is 2. The largest absolute Gasteiger partial charge is 0.498 e. The third kappa shape index (κ3) is 4.39. The maximum atomic E-state index is 14.7. The molecule has 3 aromatic carbocycles. The van der Waals surface area contributed by atoms with Crippen LogP contribution >= 0.6 is 0 Å². The van der Waals surface area contributed by atoms with Crippen LogP contribution in [0.3, 0.4) is 0 Å². The van der Waals surface area contributed by atoms with E-state index in [4.69, 9.17) is 4.74 Å². The van der Waals surface area contributed by atoms with Crippen molar-refractivity contribution in [1.82, 2.24) is 4.31 Å². The smallest absolute Gasteiger partial charge is 0.244 e. The molecule has 2 aliphatic heterocycles. The number of fused-ring (bicyclic) bond motifs is 3. The third-order valence-electron chi connectivity index (χ3n) is 8.89. The Balaban J connectivity index is 1.59. The lowest BCUT2D eigenvalue weighted by molar-refractivity contribution is -0.123. The number of ether oxygens (including phenoxy) is 1. The molecule has 3 aliphatic rings. The highest BCUT2D eigenvalue weighted by Crippen LogP contribution is 2.59. The van der Waals surface area contributed by atoms with Crippen molar-refractivity contribution < 1.29 is 22.7 Å². The Morgan fingerprint density at radius 3 is 2.07 bits per heavy atom. The number of carbonyl (C=O) groups excluding carboxylic acids is 2. The number of sulfonamides is 1. The monoisotopic (exact) mass is 584 g/mol. The minimum absolute atomic E-state index is 0.158. The molecule has 0 spiro atoms. The van der Waals surface area contributed by atoms with Crippen LogP contribution in [0, 0.1) is 30.6 Å². The number of para-hydroxylation sites is 1. The normalized spacial score (nSPS) is 26.1. The lowest BCUT2D eigenvalue weighted by Gasteiger charge is -2.36. The topological polar surface area (TPSA) is 84.0 Å². The maximum absolute atomic E-state index is 14.7. The molecular formula is C34H36N2O5S. The zero-order valence-electron chi connectivity index (χ0n) is 24.3. The van der Waals surface area contributed by atoms with Gasteiger partial charge in [-0.1, -0.05) is 80.1 Å². The molecule has 8 heteroatoms. The van der Waals surface area contributed by atoms with Crippen LogP contribution in [0.25, 0.3) is 0 Å². The van der Waals surface area contributed by atoms with Crippen molar-refractivity contribution in [1.29, 1.82) is 0 Å². The number of nitrogens with zero attached hydrogens (tertiary/aromatic N) is 2. The number of hydrogen-bond acceptors (Lipinski definition) is 5. The number of allylic oxidation sites excluding steroid dienone is 1. The Labute approximate surface area is 247 Å². The van der Waals surface area contributed by atoms with Crippen molar-refractivity contribution in [2.45, 2.75) is 51.1 Å². The van der Waals surface area contributed by atoms with Crippen LogP contribution in [-0.2, 0) is 24.3 Å². The molecule has 2 saturated heterocycles. The average molecular weight is 585 g/mol. The minimum Gasteiger partial charge on any atom is -0.498 e. The highest BCUT2D eigenvalue weighted by atomic mass is 32.2. The number of aryl methyl sites for hydroxylation is 1. The van der Waals surface area contributed by atoms with E-state index < -0.39 is 39.9 Å². The van der Waals surface area contributed by atoms with Crippen molar-refractivity contribution in [3.63, 3.8) is 0 Å². The van der Waals surface area contributed by atoms with Crippen molar-refractivity contribution in [2.75, 3.05) is 11.5 Å². The number of amides is 2. The number of anilines is 1. The summed E-state index contributed by atoms with van der Waals surface area (Å²) in [6.07, 6.45) is 0.255. The molecule has 0 N–H and O–H groups in total. The Morgan fingerprint density at radius 1 is 0.857 bits per heavy atom. The summed E-state index contributed by atoms with van der Waals surface area (Å²) in [5, 5.41) is 0. The van der Waals surface area contributed by atoms with Crippen LogP contribution in [0.15, 0.2) is 101 Å². The minimum atomic E-state index is -4.04. The van der Waals surface area contributed by atoms with E-state index in [0.717, 1.165) is 16.7 Å².